The van der Waals surface area contributed by atoms with E-state index in [9.17, 15) is 14.4 Å². The molecule has 0 aliphatic carbocycles. The van der Waals surface area contributed by atoms with E-state index in [0.29, 0.717) is 24.5 Å². The van der Waals surface area contributed by atoms with Gasteiger partial charge in [-0.05, 0) is 18.6 Å². The van der Waals surface area contributed by atoms with Crippen molar-refractivity contribution in [2.24, 2.45) is 5.84 Å². The number of carbonyl (C=O) groups is 3. The van der Waals surface area contributed by atoms with E-state index in [2.05, 4.69) is 5.43 Å². The molecule has 7 nitrogen and oxygen atoms in total. The van der Waals surface area contributed by atoms with Crippen molar-refractivity contribution in [1.29, 1.82) is 0 Å². The monoisotopic (exact) mass is 296 g/mol. The molecule has 0 aromatic carbocycles. The van der Waals surface area contributed by atoms with Crippen LogP contribution in [0.15, 0.2) is 6.07 Å². The molecule has 0 spiro atoms. The van der Waals surface area contributed by atoms with Crippen molar-refractivity contribution in [1.82, 2.24) is 15.2 Å². The van der Waals surface area contributed by atoms with Crippen LogP contribution in [0.2, 0.25) is 0 Å². The Morgan fingerprint density at radius 1 is 1.40 bits per heavy atom. The lowest BCUT2D eigenvalue weighted by molar-refractivity contribution is -0.155. The van der Waals surface area contributed by atoms with Crippen molar-refractivity contribution in [2.75, 3.05) is 20.1 Å². The Balaban J connectivity index is 2.14. The smallest absolute Gasteiger partial charge is 0.312 e. The average molecular weight is 296 g/mol. The summed E-state index contributed by atoms with van der Waals surface area (Å²) in [6.07, 6.45) is 0. The molecule has 1 fully saturated rings. The lowest BCUT2D eigenvalue weighted by Crippen LogP contribution is -2.52. The molecule has 1 aliphatic heterocycles. The summed E-state index contributed by atoms with van der Waals surface area (Å²) in [5.74, 6) is 3.74. The Bertz CT molecular complexity index is 569. The summed E-state index contributed by atoms with van der Waals surface area (Å²) in [6, 6.07) is 1.71. The van der Waals surface area contributed by atoms with Crippen LogP contribution in [0.5, 0.6) is 0 Å². The van der Waals surface area contributed by atoms with Crippen molar-refractivity contribution in [3.05, 3.63) is 21.4 Å². The molecule has 20 heavy (non-hydrogen) atoms. The number of hydrazine groups is 1. The second-order valence-corrected chi connectivity index (χ2v) is 5.88. The summed E-state index contributed by atoms with van der Waals surface area (Å²) >= 11 is 1.31. The van der Waals surface area contributed by atoms with E-state index < -0.39 is 11.8 Å². The third kappa shape index (κ3) is 2.66. The fourth-order valence-corrected chi connectivity index (χ4v) is 2.93. The molecule has 2 rings (SSSR count). The molecular formula is C12H16N4O3S. The van der Waals surface area contributed by atoms with E-state index in [1.807, 2.05) is 6.92 Å². The standard InChI is InChI=1S/C12H16N4O3S/c1-7-8(5-9(20-7)10(17)14-13)6-16-4-3-15(2)11(18)12(16)19/h5H,3-4,6,13H2,1-2H3,(H,14,17). The van der Waals surface area contributed by atoms with E-state index in [1.165, 1.54) is 21.1 Å². The van der Waals surface area contributed by atoms with Gasteiger partial charge in [0.2, 0.25) is 0 Å². The highest BCUT2D eigenvalue weighted by Gasteiger charge is 2.30. The second-order valence-electron chi connectivity index (χ2n) is 4.62. The van der Waals surface area contributed by atoms with E-state index >= 15 is 0 Å². The largest absolute Gasteiger partial charge is 0.336 e. The number of nitrogen functional groups attached to an aromatic ring is 1. The number of nitrogens with zero attached hydrogens (tertiary/aromatic N) is 2. The summed E-state index contributed by atoms with van der Waals surface area (Å²) in [6.45, 7) is 3.22. The SMILES string of the molecule is Cc1sc(C(=O)NN)cc1CN1CCN(C)C(=O)C1=O. The van der Waals surface area contributed by atoms with Gasteiger partial charge in [-0.25, -0.2) is 5.84 Å². The third-order valence-corrected chi connectivity index (χ3v) is 4.35. The zero-order valence-electron chi connectivity index (χ0n) is 11.3. The summed E-state index contributed by atoms with van der Waals surface area (Å²) in [4.78, 5) is 39.3. The predicted molar refractivity (Wildman–Crippen MR) is 73.8 cm³/mol. The highest BCUT2D eigenvalue weighted by molar-refractivity contribution is 7.14. The predicted octanol–water partition coefficient (Wildman–Crippen LogP) is -0.539. The third-order valence-electron chi connectivity index (χ3n) is 3.26. The Hall–Kier alpha value is -1.93. The number of hydrogen-bond donors (Lipinski definition) is 2. The zero-order valence-corrected chi connectivity index (χ0v) is 12.1. The Kier molecular flexibility index (Phi) is 4.05. The van der Waals surface area contributed by atoms with Crippen LogP contribution >= 0.6 is 11.3 Å². The zero-order chi connectivity index (χ0) is 14.9. The summed E-state index contributed by atoms with van der Waals surface area (Å²) in [7, 11) is 1.61. The van der Waals surface area contributed by atoms with Gasteiger partial charge in [0.25, 0.3) is 5.91 Å². The molecule has 1 saturated heterocycles. The number of hydrogen-bond acceptors (Lipinski definition) is 5. The average Bonchev–Trinajstić information content (AvgIpc) is 2.80. The maximum absolute atomic E-state index is 11.9. The lowest BCUT2D eigenvalue weighted by Gasteiger charge is -2.31. The van der Waals surface area contributed by atoms with Crippen molar-refractivity contribution >= 4 is 29.1 Å². The van der Waals surface area contributed by atoms with Crippen LogP contribution in [0.4, 0.5) is 0 Å². The number of rotatable bonds is 3. The van der Waals surface area contributed by atoms with Gasteiger partial charge in [-0.15, -0.1) is 11.3 Å². The van der Waals surface area contributed by atoms with E-state index in [0.717, 1.165) is 10.4 Å². The van der Waals surface area contributed by atoms with Crippen LogP contribution in [-0.2, 0) is 16.1 Å². The molecular weight excluding hydrogens is 280 g/mol. The number of nitrogens with two attached hydrogens (primary N) is 1. The van der Waals surface area contributed by atoms with Crippen molar-refractivity contribution in [3.8, 4) is 0 Å². The first-order valence-corrected chi connectivity index (χ1v) is 6.90. The second kappa shape index (κ2) is 5.59. The molecule has 1 aromatic rings. The van der Waals surface area contributed by atoms with Gasteiger partial charge in [0.05, 0.1) is 4.88 Å². The van der Waals surface area contributed by atoms with Gasteiger partial charge < -0.3 is 9.80 Å². The van der Waals surface area contributed by atoms with Gasteiger partial charge >= 0.3 is 11.8 Å². The van der Waals surface area contributed by atoms with Crippen molar-refractivity contribution in [2.45, 2.75) is 13.5 Å². The first kappa shape index (κ1) is 14.5. The molecule has 0 saturated carbocycles. The van der Waals surface area contributed by atoms with Crippen LogP contribution in [0.3, 0.4) is 0 Å². The minimum atomic E-state index is -0.505. The van der Waals surface area contributed by atoms with Gasteiger partial charge in [-0.3, -0.25) is 19.8 Å². The summed E-state index contributed by atoms with van der Waals surface area (Å²) in [5.41, 5.74) is 2.94. The number of carbonyl (C=O) groups excluding carboxylic acids is 3. The molecule has 3 amide bonds. The normalized spacial score (nSPS) is 15.8. The van der Waals surface area contributed by atoms with Crippen LogP contribution in [0, 0.1) is 6.92 Å². The molecule has 2 heterocycles. The molecule has 1 aliphatic rings. The van der Waals surface area contributed by atoms with Crippen molar-refractivity contribution in [3.63, 3.8) is 0 Å². The van der Waals surface area contributed by atoms with E-state index in [-0.39, 0.29) is 5.91 Å². The fourth-order valence-electron chi connectivity index (χ4n) is 1.99. The summed E-state index contributed by atoms with van der Waals surface area (Å²) in [5, 5.41) is 0. The Morgan fingerprint density at radius 3 is 2.75 bits per heavy atom. The first-order chi connectivity index (χ1) is 9.43. The quantitative estimate of drug-likeness (QED) is 0.339. The number of thiophene rings is 1. The molecule has 0 radical (unpaired) electrons. The van der Waals surface area contributed by atoms with E-state index in [4.69, 9.17) is 5.84 Å². The number of aryl methyl sites for hydroxylation is 1. The molecule has 8 heteroatoms. The highest BCUT2D eigenvalue weighted by atomic mass is 32.1. The molecule has 0 bridgehead atoms. The van der Waals surface area contributed by atoms with E-state index in [1.54, 1.807) is 13.1 Å². The lowest BCUT2D eigenvalue weighted by atomic mass is 10.2. The molecule has 108 valence electrons. The molecule has 0 unspecified atom stereocenters. The van der Waals surface area contributed by atoms with Crippen LogP contribution < -0.4 is 11.3 Å². The van der Waals surface area contributed by atoms with Gasteiger partial charge in [-0.2, -0.15) is 0 Å². The minimum absolute atomic E-state index is 0.332. The maximum Gasteiger partial charge on any atom is 0.312 e. The van der Waals surface area contributed by atoms with Crippen LogP contribution in [0.25, 0.3) is 0 Å². The van der Waals surface area contributed by atoms with Crippen LogP contribution in [0.1, 0.15) is 20.1 Å². The Morgan fingerprint density at radius 2 is 2.10 bits per heavy atom. The fraction of sp³-hybridized carbons (Fsp3) is 0.417. The molecule has 3 N–H and O–H groups in total. The highest BCUT2D eigenvalue weighted by Crippen LogP contribution is 2.23. The minimum Gasteiger partial charge on any atom is -0.336 e. The van der Waals surface area contributed by atoms with Crippen LogP contribution in [-0.4, -0.2) is 47.7 Å². The van der Waals surface area contributed by atoms with Crippen molar-refractivity contribution < 1.29 is 14.4 Å². The van der Waals surface area contributed by atoms with Gasteiger partial charge in [0.15, 0.2) is 0 Å². The van der Waals surface area contributed by atoms with Gasteiger partial charge in [0.1, 0.15) is 0 Å². The number of likely N-dealkylation sites (N-methyl/N-ethyl adjacent to an activating group) is 1. The molecule has 0 atom stereocenters. The topological polar surface area (TPSA) is 95.7 Å². The maximum atomic E-state index is 11.9. The summed E-state index contributed by atoms with van der Waals surface area (Å²) < 4.78 is 0. The number of amides is 3. The number of piperazine rings is 1. The molecule has 1 aromatic heterocycles. The van der Waals surface area contributed by atoms with Gasteiger partial charge in [0, 0.05) is 31.6 Å². The first-order valence-electron chi connectivity index (χ1n) is 6.08. The number of nitrogens with one attached hydrogen (secondary N) is 1. The van der Waals surface area contributed by atoms with Gasteiger partial charge in [-0.1, -0.05) is 0 Å². The Labute approximate surface area is 120 Å².